The zero-order valence-corrected chi connectivity index (χ0v) is 17.0. The Morgan fingerprint density at radius 1 is 1.11 bits per heavy atom. The van der Waals surface area contributed by atoms with Crippen molar-refractivity contribution in [3.63, 3.8) is 0 Å². The molecule has 0 aliphatic heterocycles. The highest BCUT2D eigenvalue weighted by atomic mass is 32.2. The topological polar surface area (TPSA) is 75.7 Å². The van der Waals surface area contributed by atoms with Gasteiger partial charge in [-0.05, 0) is 69.5 Å². The Bertz CT molecular complexity index is 1060. The van der Waals surface area contributed by atoms with Gasteiger partial charge in [-0.2, -0.15) is 0 Å². The number of benzene rings is 1. The lowest BCUT2D eigenvalue weighted by molar-refractivity contribution is -0.126. The molecule has 0 saturated carbocycles. The molecule has 1 aromatic carbocycles. The van der Waals surface area contributed by atoms with Crippen molar-refractivity contribution in [2.45, 2.75) is 56.4 Å². The summed E-state index contributed by atoms with van der Waals surface area (Å²) < 4.78 is 12.8. The molecule has 3 aromatic rings. The number of ketones is 1. The van der Waals surface area contributed by atoms with E-state index in [-0.39, 0.29) is 5.78 Å². The summed E-state index contributed by atoms with van der Waals surface area (Å²) in [6, 6.07) is 7.80. The molecule has 0 fully saturated rings. The number of fused-ring (bicyclic) bond motifs is 2. The fourth-order valence-corrected chi connectivity index (χ4v) is 5.17. The number of carbonyl (C=O) groups is 1. The third-order valence-electron chi connectivity index (χ3n) is 5.68. The van der Waals surface area contributed by atoms with Crippen LogP contribution in [-0.4, -0.2) is 24.9 Å². The van der Waals surface area contributed by atoms with Crippen LogP contribution in [0, 0.1) is 6.92 Å². The van der Waals surface area contributed by atoms with Gasteiger partial charge in [-0.25, -0.2) is 4.98 Å². The van der Waals surface area contributed by atoms with Crippen molar-refractivity contribution in [2.75, 3.05) is 0 Å². The second-order valence-corrected chi connectivity index (χ2v) is 9.66. The normalized spacial score (nSPS) is 18.6. The number of H-pyrrole nitrogens is 1. The molecule has 0 radical (unpaired) electrons. The van der Waals surface area contributed by atoms with Gasteiger partial charge in [0, 0.05) is 17.0 Å². The highest BCUT2D eigenvalue weighted by molar-refractivity contribution is 7.84. The molecule has 0 spiro atoms. The summed E-state index contributed by atoms with van der Waals surface area (Å²) in [4.78, 5) is 24.9. The first kappa shape index (κ1) is 18.0. The van der Waals surface area contributed by atoms with Crippen LogP contribution in [0.25, 0.3) is 11.0 Å². The summed E-state index contributed by atoms with van der Waals surface area (Å²) >= 11 is 0. The maximum absolute atomic E-state index is 12.8. The number of aromatic amines is 1. The average Bonchev–Trinajstić information content (AvgIpc) is 3.09. The molecule has 1 unspecified atom stereocenters. The van der Waals surface area contributed by atoms with Gasteiger partial charge in [0.15, 0.2) is 10.9 Å². The van der Waals surface area contributed by atoms with Crippen LogP contribution in [0.5, 0.6) is 0 Å². The summed E-state index contributed by atoms with van der Waals surface area (Å²) in [7, 11) is -1.32. The summed E-state index contributed by atoms with van der Waals surface area (Å²) in [6.07, 6.45) is 1.71. The number of Topliss-reactive ketones (excluding diaryl/α,β-unsaturated/α-hetero) is 1. The second-order valence-electron chi connectivity index (χ2n) is 8.29. The first-order valence-electron chi connectivity index (χ1n) is 9.01. The van der Waals surface area contributed by atoms with Crippen LogP contribution < -0.4 is 0 Å². The van der Waals surface area contributed by atoms with Crippen molar-refractivity contribution in [1.29, 1.82) is 0 Å². The number of hydrogen-bond acceptors (Lipinski definition) is 4. The van der Waals surface area contributed by atoms with E-state index in [0.717, 1.165) is 33.4 Å². The molecule has 27 heavy (non-hydrogen) atoms. The van der Waals surface area contributed by atoms with Crippen molar-refractivity contribution in [2.24, 2.45) is 0 Å². The van der Waals surface area contributed by atoms with Crippen LogP contribution in [0.1, 0.15) is 50.1 Å². The molecule has 1 atom stereocenters. The van der Waals surface area contributed by atoms with Gasteiger partial charge in [0.05, 0.1) is 33.3 Å². The zero-order valence-electron chi connectivity index (χ0n) is 16.2. The number of nitrogens with one attached hydrogen (secondary N) is 1. The lowest BCUT2D eigenvalue weighted by Crippen LogP contribution is -2.33. The molecule has 2 heterocycles. The standard InChI is InChI=1S/C21H23N3O2S/c1-12-7-6-8-22-17(12)11-27(26)19-23-15-9-13-14(10-16(15)24-19)21(4,5)18(25)20(13,2)3/h6-10H,11H2,1-5H3,(H,23,24). The van der Waals surface area contributed by atoms with Gasteiger partial charge in [-0.3, -0.25) is 14.0 Å². The molecule has 2 aromatic heterocycles. The molecule has 6 heteroatoms. The summed E-state index contributed by atoms with van der Waals surface area (Å²) in [6.45, 7) is 9.82. The number of hydrogen-bond donors (Lipinski definition) is 1. The molecule has 5 nitrogen and oxygen atoms in total. The Balaban J connectivity index is 1.76. The minimum absolute atomic E-state index is 0.215. The number of carbonyl (C=O) groups excluding carboxylic acids is 1. The first-order valence-corrected chi connectivity index (χ1v) is 10.3. The summed E-state index contributed by atoms with van der Waals surface area (Å²) in [5.41, 5.74) is 4.33. The van der Waals surface area contributed by atoms with E-state index in [0.29, 0.717) is 10.9 Å². The largest absolute Gasteiger partial charge is 0.331 e. The average molecular weight is 382 g/mol. The third-order valence-corrected chi connectivity index (χ3v) is 6.84. The summed E-state index contributed by atoms with van der Waals surface area (Å²) in [5, 5.41) is 0.445. The van der Waals surface area contributed by atoms with Gasteiger partial charge in [-0.15, -0.1) is 0 Å². The number of nitrogens with zero attached hydrogens (tertiary/aromatic N) is 2. The maximum Gasteiger partial charge on any atom is 0.197 e. The number of aromatic nitrogens is 3. The van der Waals surface area contributed by atoms with E-state index in [1.807, 2.05) is 58.9 Å². The lowest BCUT2D eigenvalue weighted by atomic mass is 9.80. The minimum Gasteiger partial charge on any atom is -0.331 e. The van der Waals surface area contributed by atoms with Gasteiger partial charge in [0.1, 0.15) is 0 Å². The van der Waals surface area contributed by atoms with E-state index in [1.54, 1.807) is 6.20 Å². The monoisotopic (exact) mass is 381 g/mol. The Kier molecular flexibility index (Phi) is 3.89. The van der Waals surface area contributed by atoms with Gasteiger partial charge in [0.25, 0.3) is 0 Å². The number of aryl methyl sites for hydroxylation is 1. The van der Waals surface area contributed by atoms with E-state index in [4.69, 9.17) is 0 Å². The highest BCUT2D eigenvalue weighted by Gasteiger charge is 2.50. The SMILES string of the molecule is Cc1cccnc1CS(=O)c1nc2cc3c(cc2[nH]1)C(C)(C)C(=O)C3(C)C. The van der Waals surface area contributed by atoms with Gasteiger partial charge >= 0.3 is 0 Å². The first-order chi connectivity index (χ1) is 12.6. The van der Waals surface area contributed by atoms with E-state index in [2.05, 4.69) is 15.0 Å². The van der Waals surface area contributed by atoms with Gasteiger partial charge in [0.2, 0.25) is 0 Å². The molecular weight excluding hydrogens is 358 g/mol. The van der Waals surface area contributed by atoms with Gasteiger partial charge in [-0.1, -0.05) is 6.07 Å². The molecule has 140 valence electrons. The van der Waals surface area contributed by atoms with E-state index in [1.165, 1.54) is 0 Å². The van der Waals surface area contributed by atoms with Crippen molar-refractivity contribution in [3.05, 3.63) is 52.8 Å². The Labute approximate surface area is 161 Å². The molecule has 1 aliphatic carbocycles. The van der Waals surface area contributed by atoms with Crippen molar-refractivity contribution in [3.8, 4) is 0 Å². The molecule has 0 saturated heterocycles. The lowest BCUT2D eigenvalue weighted by Gasteiger charge is -2.21. The number of rotatable bonds is 3. The summed E-state index contributed by atoms with van der Waals surface area (Å²) in [5.74, 6) is 0.536. The number of pyridine rings is 1. The van der Waals surface area contributed by atoms with Crippen LogP contribution in [0.2, 0.25) is 0 Å². The van der Waals surface area contributed by atoms with Crippen LogP contribution in [0.4, 0.5) is 0 Å². The van der Waals surface area contributed by atoms with Crippen molar-refractivity contribution in [1.82, 2.24) is 15.0 Å². The Morgan fingerprint density at radius 3 is 2.44 bits per heavy atom. The van der Waals surface area contributed by atoms with Crippen molar-refractivity contribution >= 4 is 27.6 Å². The predicted octanol–water partition coefficient (Wildman–Crippen LogP) is 3.71. The van der Waals surface area contributed by atoms with Crippen LogP contribution in [0.3, 0.4) is 0 Å². The molecule has 1 aliphatic rings. The molecule has 1 N–H and O–H groups in total. The smallest absolute Gasteiger partial charge is 0.197 e. The maximum atomic E-state index is 12.8. The molecule has 0 bridgehead atoms. The number of imidazole rings is 1. The molecule has 0 amide bonds. The van der Waals surface area contributed by atoms with Crippen LogP contribution >= 0.6 is 0 Å². The fourth-order valence-electron chi connectivity index (χ4n) is 4.06. The van der Waals surface area contributed by atoms with Gasteiger partial charge < -0.3 is 4.98 Å². The Morgan fingerprint density at radius 2 is 1.78 bits per heavy atom. The third kappa shape index (κ3) is 2.65. The zero-order chi connectivity index (χ0) is 19.6. The Hall–Kier alpha value is -2.34. The second kappa shape index (κ2) is 5.83. The van der Waals surface area contributed by atoms with Crippen molar-refractivity contribution < 1.29 is 9.00 Å². The quantitative estimate of drug-likeness (QED) is 0.750. The predicted molar refractivity (Wildman–Crippen MR) is 106 cm³/mol. The molecule has 4 rings (SSSR count). The fraction of sp³-hybridized carbons (Fsp3) is 0.381. The van der Waals surface area contributed by atoms with E-state index < -0.39 is 21.6 Å². The van der Waals surface area contributed by atoms with E-state index >= 15 is 0 Å². The molecular formula is C21H23N3O2S. The highest BCUT2D eigenvalue weighted by Crippen LogP contribution is 2.47. The minimum atomic E-state index is -1.32. The van der Waals surface area contributed by atoms with Crippen LogP contribution in [-0.2, 0) is 32.2 Å². The van der Waals surface area contributed by atoms with Crippen LogP contribution in [0.15, 0.2) is 35.6 Å². The van der Waals surface area contributed by atoms with E-state index in [9.17, 15) is 9.00 Å².